The number of amides is 1. The summed E-state index contributed by atoms with van der Waals surface area (Å²) < 4.78 is 18.8. The highest BCUT2D eigenvalue weighted by molar-refractivity contribution is 5.94. The number of aromatic nitrogens is 2. The van der Waals surface area contributed by atoms with Crippen LogP contribution in [0.3, 0.4) is 0 Å². The summed E-state index contributed by atoms with van der Waals surface area (Å²) in [6.07, 6.45) is 4.71. The lowest BCUT2D eigenvalue weighted by molar-refractivity contribution is -0.116. The third-order valence-corrected chi connectivity index (χ3v) is 4.26. The molecule has 132 valence electrons. The number of halogens is 1. The van der Waals surface area contributed by atoms with Gasteiger partial charge >= 0.3 is 5.97 Å². The average Bonchev–Trinajstić information content (AvgIpc) is 3.26. The summed E-state index contributed by atoms with van der Waals surface area (Å²) in [5.74, 6) is -0.952. The van der Waals surface area contributed by atoms with Crippen molar-refractivity contribution >= 4 is 17.6 Å². The summed E-state index contributed by atoms with van der Waals surface area (Å²) in [5, 5.41) is 15.2. The number of hydrogen-bond donors (Lipinski definition) is 2. The van der Waals surface area contributed by atoms with E-state index in [9.17, 15) is 14.0 Å². The molecule has 1 saturated carbocycles. The zero-order chi connectivity index (χ0) is 17.8. The van der Waals surface area contributed by atoms with Gasteiger partial charge < -0.3 is 14.9 Å². The number of carboxylic acids is 1. The van der Waals surface area contributed by atoms with Crippen molar-refractivity contribution in [2.45, 2.75) is 44.4 Å². The van der Waals surface area contributed by atoms with Gasteiger partial charge in [-0.05, 0) is 31.0 Å². The molecule has 1 aliphatic carbocycles. The van der Waals surface area contributed by atoms with E-state index in [2.05, 4.69) is 15.5 Å². The van der Waals surface area contributed by atoms with Gasteiger partial charge in [-0.2, -0.15) is 4.98 Å². The van der Waals surface area contributed by atoms with Crippen molar-refractivity contribution in [2.24, 2.45) is 0 Å². The molecule has 7 nitrogen and oxygen atoms in total. The van der Waals surface area contributed by atoms with Crippen molar-refractivity contribution in [1.82, 2.24) is 10.1 Å². The number of carbonyl (C=O) groups excluding carboxylic acids is 1. The van der Waals surface area contributed by atoms with Crippen molar-refractivity contribution in [3.8, 4) is 0 Å². The Labute approximate surface area is 143 Å². The molecule has 1 aromatic carbocycles. The van der Waals surface area contributed by atoms with Crippen LogP contribution in [-0.4, -0.2) is 27.1 Å². The first-order valence-electron chi connectivity index (χ1n) is 8.18. The maximum absolute atomic E-state index is 13.7. The summed E-state index contributed by atoms with van der Waals surface area (Å²) in [4.78, 5) is 27.2. The Balaban J connectivity index is 1.56. The van der Waals surface area contributed by atoms with Gasteiger partial charge in [-0.1, -0.05) is 18.0 Å². The zero-order valence-electron chi connectivity index (χ0n) is 13.5. The number of carboxylic acid groups (broad SMARTS) is 1. The number of nitrogens with zero attached hydrogens (tertiary/aromatic N) is 2. The molecule has 8 heteroatoms. The number of benzene rings is 1. The fourth-order valence-electron chi connectivity index (χ4n) is 2.91. The van der Waals surface area contributed by atoms with E-state index < -0.39 is 17.7 Å². The lowest BCUT2D eigenvalue weighted by Gasteiger charge is -2.06. The first-order chi connectivity index (χ1) is 12.0. The Morgan fingerprint density at radius 3 is 2.80 bits per heavy atom. The van der Waals surface area contributed by atoms with Crippen LogP contribution >= 0.6 is 0 Å². The number of aromatic carboxylic acids is 1. The number of anilines is 1. The van der Waals surface area contributed by atoms with Gasteiger partial charge in [0.2, 0.25) is 11.8 Å². The lowest BCUT2D eigenvalue weighted by Crippen LogP contribution is -2.14. The van der Waals surface area contributed by atoms with Crippen LogP contribution in [-0.2, 0) is 11.2 Å². The highest BCUT2D eigenvalue weighted by atomic mass is 19.1. The molecule has 3 rings (SSSR count). The highest BCUT2D eigenvalue weighted by Gasteiger charge is 2.22. The monoisotopic (exact) mass is 347 g/mol. The molecule has 1 fully saturated rings. The number of rotatable bonds is 6. The average molecular weight is 347 g/mol. The molecule has 0 bridgehead atoms. The lowest BCUT2D eigenvalue weighted by atomic mass is 10.1. The van der Waals surface area contributed by atoms with Crippen molar-refractivity contribution < 1.29 is 23.6 Å². The molecule has 0 spiro atoms. The van der Waals surface area contributed by atoms with Crippen LogP contribution in [0.2, 0.25) is 0 Å². The molecular weight excluding hydrogens is 329 g/mol. The molecule has 0 atom stereocenters. The van der Waals surface area contributed by atoms with Crippen LogP contribution in [0.5, 0.6) is 0 Å². The molecule has 25 heavy (non-hydrogen) atoms. The Morgan fingerprint density at radius 1 is 1.32 bits per heavy atom. The third kappa shape index (κ3) is 4.20. The first kappa shape index (κ1) is 17.1. The molecular formula is C17H18FN3O4. The fourth-order valence-corrected chi connectivity index (χ4v) is 2.91. The maximum atomic E-state index is 13.7. The van der Waals surface area contributed by atoms with Crippen LogP contribution in [0.4, 0.5) is 10.1 Å². The minimum absolute atomic E-state index is 0.0308. The number of hydrogen-bond acceptors (Lipinski definition) is 5. The van der Waals surface area contributed by atoms with Crippen LogP contribution in [0, 0.1) is 5.82 Å². The Hall–Kier alpha value is -2.77. The van der Waals surface area contributed by atoms with Gasteiger partial charge in [-0.15, -0.1) is 0 Å². The second-order valence-electron chi connectivity index (χ2n) is 6.08. The van der Waals surface area contributed by atoms with Gasteiger partial charge in [0.25, 0.3) is 0 Å². The van der Waals surface area contributed by atoms with Crippen molar-refractivity contribution in [1.29, 1.82) is 0 Å². The summed E-state index contributed by atoms with van der Waals surface area (Å²) in [6, 6.07) is 3.22. The van der Waals surface area contributed by atoms with Gasteiger partial charge in [0.05, 0.1) is 11.3 Å². The SMILES string of the molecule is O=C(CCc1nc(C2CCCC2)no1)Nc1cc(C(=O)O)ccc1F. The third-order valence-electron chi connectivity index (χ3n) is 4.26. The predicted octanol–water partition coefficient (Wildman–Crippen LogP) is 3.14. The molecule has 0 saturated heterocycles. The van der Waals surface area contributed by atoms with E-state index in [-0.39, 0.29) is 24.1 Å². The second kappa shape index (κ2) is 7.42. The van der Waals surface area contributed by atoms with Crippen molar-refractivity contribution in [3.05, 3.63) is 41.3 Å². The zero-order valence-corrected chi connectivity index (χ0v) is 13.5. The molecule has 0 aliphatic heterocycles. The molecule has 2 N–H and O–H groups in total. The van der Waals surface area contributed by atoms with E-state index >= 15 is 0 Å². The molecule has 1 aliphatic rings. The quantitative estimate of drug-likeness (QED) is 0.832. The Morgan fingerprint density at radius 2 is 2.08 bits per heavy atom. The summed E-state index contributed by atoms with van der Waals surface area (Å²) >= 11 is 0. The smallest absolute Gasteiger partial charge is 0.335 e. The molecule has 0 radical (unpaired) electrons. The number of aryl methyl sites for hydroxylation is 1. The minimum atomic E-state index is -1.19. The van der Waals surface area contributed by atoms with Crippen LogP contribution in [0.15, 0.2) is 22.7 Å². The van der Waals surface area contributed by atoms with E-state index in [1.807, 2.05) is 0 Å². The van der Waals surface area contributed by atoms with Crippen LogP contribution < -0.4 is 5.32 Å². The van der Waals surface area contributed by atoms with E-state index in [0.29, 0.717) is 17.6 Å². The van der Waals surface area contributed by atoms with E-state index in [1.54, 1.807) is 0 Å². The largest absolute Gasteiger partial charge is 0.478 e. The highest BCUT2D eigenvalue weighted by Crippen LogP contribution is 2.32. The summed E-state index contributed by atoms with van der Waals surface area (Å²) in [6.45, 7) is 0. The Kier molecular flexibility index (Phi) is 5.06. The van der Waals surface area contributed by atoms with Gasteiger partial charge in [-0.25, -0.2) is 9.18 Å². The molecule has 1 heterocycles. The van der Waals surface area contributed by atoms with Crippen molar-refractivity contribution in [3.63, 3.8) is 0 Å². The van der Waals surface area contributed by atoms with Gasteiger partial charge in [0.1, 0.15) is 5.82 Å². The predicted molar refractivity (Wildman–Crippen MR) is 85.8 cm³/mol. The minimum Gasteiger partial charge on any atom is -0.478 e. The molecule has 1 aromatic heterocycles. The molecule has 2 aromatic rings. The van der Waals surface area contributed by atoms with E-state index in [4.69, 9.17) is 9.63 Å². The topological polar surface area (TPSA) is 105 Å². The fraction of sp³-hybridized carbons (Fsp3) is 0.412. The standard InChI is InChI=1S/C17H18FN3O4/c18-12-6-5-11(17(23)24)9-13(12)19-14(22)7-8-15-20-16(21-25-15)10-3-1-2-4-10/h5-6,9-10H,1-4,7-8H2,(H,19,22)(H,23,24). The molecule has 1 amide bonds. The maximum Gasteiger partial charge on any atom is 0.335 e. The van der Waals surface area contributed by atoms with Crippen LogP contribution in [0.25, 0.3) is 0 Å². The van der Waals surface area contributed by atoms with Gasteiger partial charge in [-0.3, -0.25) is 4.79 Å². The first-order valence-corrected chi connectivity index (χ1v) is 8.18. The van der Waals surface area contributed by atoms with Gasteiger partial charge in [0.15, 0.2) is 5.82 Å². The molecule has 0 unspecified atom stereocenters. The van der Waals surface area contributed by atoms with E-state index in [1.165, 1.54) is 0 Å². The normalized spacial score (nSPS) is 14.6. The Bertz CT molecular complexity index is 784. The van der Waals surface area contributed by atoms with Crippen LogP contribution in [0.1, 0.15) is 60.1 Å². The summed E-state index contributed by atoms with van der Waals surface area (Å²) in [7, 11) is 0. The number of carbonyl (C=O) groups is 2. The van der Waals surface area contributed by atoms with Gasteiger partial charge in [0, 0.05) is 18.8 Å². The summed E-state index contributed by atoms with van der Waals surface area (Å²) in [5.41, 5.74) is -0.267. The van der Waals surface area contributed by atoms with Crippen molar-refractivity contribution in [2.75, 3.05) is 5.32 Å². The number of nitrogens with one attached hydrogen (secondary N) is 1. The second-order valence-corrected chi connectivity index (χ2v) is 6.08. The van der Waals surface area contributed by atoms with E-state index in [0.717, 1.165) is 43.9 Å².